The zero-order valence-corrected chi connectivity index (χ0v) is 13.3. The molecule has 1 aromatic heterocycles. The van der Waals surface area contributed by atoms with Crippen molar-refractivity contribution < 1.29 is 0 Å². The number of aryl methyl sites for hydroxylation is 2. The number of rotatable bonds is 5. The van der Waals surface area contributed by atoms with Crippen LogP contribution in [0, 0.1) is 0 Å². The lowest BCUT2D eigenvalue weighted by molar-refractivity contribution is 0.810. The summed E-state index contributed by atoms with van der Waals surface area (Å²) in [6.45, 7) is 4.13. The zero-order chi connectivity index (χ0) is 15.4. The van der Waals surface area contributed by atoms with Crippen LogP contribution in [-0.4, -0.2) is 27.2 Å². The Bertz CT molecular complexity index is 639. The molecular formula is C15H19N5S. The smallest absolute Gasteiger partial charge is 0.249 e. The zero-order valence-electron chi connectivity index (χ0n) is 12.5. The number of hydrogen-bond acceptors (Lipinski definition) is 5. The molecule has 0 unspecified atom stereocenters. The number of aromatic nitrogens is 3. The molecular weight excluding hydrogens is 282 g/mol. The van der Waals surface area contributed by atoms with Crippen molar-refractivity contribution in [2.75, 3.05) is 11.9 Å². The van der Waals surface area contributed by atoms with E-state index in [-0.39, 0.29) is 0 Å². The summed E-state index contributed by atoms with van der Waals surface area (Å²) in [5.74, 6) is 0.590. The number of hydrogen-bond donors (Lipinski definition) is 1. The first-order valence-electron chi connectivity index (χ1n) is 6.92. The third-order valence-electron chi connectivity index (χ3n) is 3.34. The molecule has 0 amide bonds. The summed E-state index contributed by atoms with van der Waals surface area (Å²) in [6.07, 6.45) is 1.69. The Morgan fingerprint density at radius 1 is 1.10 bits per heavy atom. The van der Waals surface area contributed by atoms with E-state index in [1.54, 1.807) is 0 Å². The van der Waals surface area contributed by atoms with E-state index >= 15 is 0 Å². The van der Waals surface area contributed by atoms with Crippen molar-refractivity contribution in [3.8, 4) is 0 Å². The van der Waals surface area contributed by atoms with Crippen LogP contribution in [0.3, 0.4) is 0 Å². The van der Waals surface area contributed by atoms with Crippen molar-refractivity contribution >= 4 is 28.8 Å². The first kappa shape index (κ1) is 15.3. The summed E-state index contributed by atoms with van der Waals surface area (Å²) < 4.78 is 0. The van der Waals surface area contributed by atoms with E-state index in [1.165, 1.54) is 0 Å². The molecule has 2 rings (SSSR count). The summed E-state index contributed by atoms with van der Waals surface area (Å²) in [4.78, 5) is 6.89. The molecule has 1 heterocycles. The van der Waals surface area contributed by atoms with Gasteiger partial charge in [0.1, 0.15) is 4.99 Å². The lowest BCUT2D eigenvalue weighted by Crippen LogP contribution is -2.16. The van der Waals surface area contributed by atoms with Crippen molar-refractivity contribution in [1.82, 2.24) is 15.2 Å². The number of benzene rings is 1. The average Bonchev–Trinajstić information content (AvgIpc) is 2.53. The van der Waals surface area contributed by atoms with Gasteiger partial charge in [-0.2, -0.15) is 0 Å². The highest BCUT2D eigenvalue weighted by molar-refractivity contribution is 7.80. The standard InChI is InChI=1S/C15H19N5S/c1-4-12-13(5-2)18-19-15(17-12)20(3)11-8-6-10(7-9-11)14(16)21/h6-9H,4-5H2,1-3H3,(H2,16,21). The molecule has 0 aliphatic heterocycles. The quantitative estimate of drug-likeness (QED) is 0.855. The van der Waals surface area contributed by atoms with Crippen molar-refractivity contribution in [3.05, 3.63) is 41.2 Å². The topological polar surface area (TPSA) is 67.9 Å². The highest BCUT2D eigenvalue weighted by Gasteiger charge is 2.11. The van der Waals surface area contributed by atoms with Gasteiger partial charge >= 0.3 is 0 Å². The molecule has 110 valence electrons. The van der Waals surface area contributed by atoms with Crippen LogP contribution in [-0.2, 0) is 12.8 Å². The van der Waals surface area contributed by atoms with Gasteiger partial charge in [0.05, 0.1) is 11.4 Å². The van der Waals surface area contributed by atoms with Crippen LogP contribution in [0.5, 0.6) is 0 Å². The molecule has 0 atom stereocenters. The number of nitrogens with two attached hydrogens (primary N) is 1. The SMILES string of the molecule is CCc1nnc(N(C)c2ccc(C(N)=S)cc2)nc1CC. The van der Waals surface area contributed by atoms with Crippen molar-refractivity contribution in [2.45, 2.75) is 26.7 Å². The highest BCUT2D eigenvalue weighted by Crippen LogP contribution is 2.21. The maximum absolute atomic E-state index is 5.60. The molecule has 0 saturated heterocycles. The maximum atomic E-state index is 5.60. The second-order valence-corrected chi connectivity index (χ2v) is 5.12. The molecule has 2 aromatic rings. The molecule has 5 nitrogen and oxygen atoms in total. The van der Waals surface area contributed by atoms with Gasteiger partial charge in [0, 0.05) is 18.3 Å². The largest absolute Gasteiger partial charge is 0.389 e. The van der Waals surface area contributed by atoms with Gasteiger partial charge in [0.25, 0.3) is 0 Å². The van der Waals surface area contributed by atoms with Crippen molar-refractivity contribution in [3.63, 3.8) is 0 Å². The molecule has 0 saturated carbocycles. The minimum atomic E-state index is 0.391. The van der Waals surface area contributed by atoms with E-state index in [0.29, 0.717) is 10.9 Å². The minimum absolute atomic E-state index is 0.391. The number of thiocarbonyl (C=S) groups is 1. The molecule has 0 fully saturated rings. The highest BCUT2D eigenvalue weighted by atomic mass is 32.1. The second-order valence-electron chi connectivity index (χ2n) is 4.68. The van der Waals surface area contributed by atoms with Crippen LogP contribution in [0.4, 0.5) is 11.6 Å². The van der Waals surface area contributed by atoms with Gasteiger partial charge in [0.15, 0.2) is 0 Å². The molecule has 0 aliphatic rings. The number of nitrogens with zero attached hydrogens (tertiary/aromatic N) is 4. The third-order valence-corrected chi connectivity index (χ3v) is 3.57. The van der Waals surface area contributed by atoms with Crippen LogP contribution >= 0.6 is 12.2 Å². The first-order chi connectivity index (χ1) is 10.1. The molecule has 21 heavy (non-hydrogen) atoms. The van der Waals surface area contributed by atoms with Crippen LogP contribution < -0.4 is 10.6 Å². The van der Waals surface area contributed by atoms with Gasteiger partial charge in [-0.1, -0.05) is 26.1 Å². The maximum Gasteiger partial charge on any atom is 0.249 e. The van der Waals surface area contributed by atoms with Crippen LogP contribution in [0.15, 0.2) is 24.3 Å². The summed E-state index contributed by atoms with van der Waals surface area (Å²) in [6, 6.07) is 7.67. The Labute approximate surface area is 130 Å². The lowest BCUT2D eigenvalue weighted by Gasteiger charge is -2.18. The molecule has 0 spiro atoms. The van der Waals surface area contributed by atoms with Crippen LogP contribution in [0.2, 0.25) is 0 Å². The summed E-state index contributed by atoms with van der Waals surface area (Å²) in [5, 5.41) is 8.47. The summed E-state index contributed by atoms with van der Waals surface area (Å²) in [7, 11) is 1.91. The Balaban J connectivity index is 2.30. The van der Waals surface area contributed by atoms with Gasteiger partial charge in [-0.15, -0.1) is 10.2 Å². The normalized spacial score (nSPS) is 10.4. The fraction of sp³-hybridized carbons (Fsp3) is 0.333. The minimum Gasteiger partial charge on any atom is -0.389 e. The predicted molar refractivity (Wildman–Crippen MR) is 89.0 cm³/mol. The molecule has 6 heteroatoms. The molecule has 2 N–H and O–H groups in total. The lowest BCUT2D eigenvalue weighted by atomic mass is 10.2. The van der Waals surface area contributed by atoms with E-state index < -0.39 is 0 Å². The molecule has 0 aliphatic carbocycles. The Morgan fingerprint density at radius 3 is 2.24 bits per heavy atom. The monoisotopic (exact) mass is 301 g/mol. The van der Waals surface area contributed by atoms with E-state index in [9.17, 15) is 0 Å². The van der Waals surface area contributed by atoms with E-state index in [1.807, 2.05) is 36.2 Å². The van der Waals surface area contributed by atoms with E-state index in [0.717, 1.165) is 35.5 Å². The number of anilines is 2. The van der Waals surface area contributed by atoms with Gasteiger partial charge in [0.2, 0.25) is 5.95 Å². The fourth-order valence-corrected chi connectivity index (χ4v) is 2.17. The Hall–Kier alpha value is -2.08. The van der Waals surface area contributed by atoms with Gasteiger partial charge in [-0.3, -0.25) is 0 Å². The molecule has 0 radical (unpaired) electrons. The Morgan fingerprint density at radius 2 is 1.71 bits per heavy atom. The van der Waals surface area contributed by atoms with Crippen molar-refractivity contribution in [2.24, 2.45) is 5.73 Å². The van der Waals surface area contributed by atoms with E-state index in [4.69, 9.17) is 18.0 Å². The van der Waals surface area contributed by atoms with Crippen LogP contribution in [0.25, 0.3) is 0 Å². The van der Waals surface area contributed by atoms with Crippen molar-refractivity contribution in [1.29, 1.82) is 0 Å². The third kappa shape index (κ3) is 3.33. The Kier molecular flexibility index (Phi) is 4.80. The van der Waals surface area contributed by atoms with Gasteiger partial charge < -0.3 is 10.6 Å². The van der Waals surface area contributed by atoms with E-state index in [2.05, 4.69) is 29.0 Å². The molecule has 1 aromatic carbocycles. The average molecular weight is 301 g/mol. The first-order valence-corrected chi connectivity index (χ1v) is 7.33. The van der Waals surface area contributed by atoms with Crippen LogP contribution in [0.1, 0.15) is 30.8 Å². The van der Waals surface area contributed by atoms with Gasteiger partial charge in [-0.05, 0) is 37.1 Å². The summed E-state index contributed by atoms with van der Waals surface area (Å²) >= 11 is 4.95. The summed E-state index contributed by atoms with van der Waals surface area (Å²) in [5.41, 5.74) is 9.36. The molecule has 0 bridgehead atoms. The fourth-order valence-electron chi connectivity index (χ4n) is 2.04. The second kappa shape index (κ2) is 6.58. The predicted octanol–water partition coefficient (Wildman–Crippen LogP) is 2.40. The van der Waals surface area contributed by atoms with Gasteiger partial charge in [-0.25, -0.2) is 4.98 Å².